The Hall–Kier alpha value is -1.55. The SMILES string of the molecule is CCC1CCCN(C(=O)c2cc3cc(N)ccc3s2)CC1. The van der Waals surface area contributed by atoms with Crippen molar-refractivity contribution in [2.75, 3.05) is 18.8 Å². The van der Waals surface area contributed by atoms with Gasteiger partial charge in [-0.05, 0) is 54.8 Å². The van der Waals surface area contributed by atoms with E-state index in [1.807, 2.05) is 29.2 Å². The molecule has 0 saturated carbocycles. The Morgan fingerprint density at radius 1 is 1.33 bits per heavy atom. The summed E-state index contributed by atoms with van der Waals surface area (Å²) in [5, 5.41) is 1.07. The number of anilines is 1. The minimum atomic E-state index is 0.187. The lowest BCUT2D eigenvalue weighted by molar-refractivity contribution is 0.0765. The molecule has 1 fully saturated rings. The van der Waals surface area contributed by atoms with Gasteiger partial charge in [-0.3, -0.25) is 4.79 Å². The van der Waals surface area contributed by atoms with Crippen molar-refractivity contribution in [3.8, 4) is 0 Å². The lowest BCUT2D eigenvalue weighted by Crippen LogP contribution is -2.31. The first-order valence-corrected chi connectivity index (χ1v) is 8.57. The van der Waals surface area contributed by atoms with Crippen molar-refractivity contribution in [1.29, 1.82) is 0 Å². The molecule has 1 aromatic carbocycles. The molecular weight excluding hydrogens is 280 g/mol. The number of carbonyl (C=O) groups excluding carboxylic acids is 1. The minimum absolute atomic E-state index is 0.187. The molecule has 1 saturated heterocycles. The number of thiophene rings is 1. The molecule has 0 spiro atoms. The van der Waals surface area contributed by atoms with E-state index in [4.69, 9.17) is 5.73 Å². The highest BCUT2D eigenvalue weighted by Crippen LogP contribution is 2.29. The van der Waals surface area contributed by atoms with E-state index in [-0.39, 0.29) is 5.91 Å². The Morgan fingerprint density at radius 2 is 2.19 bits per heavy atom. The average Bonchev–Trinajstić information content (AvgIpc) is 2.75. The predicted molar refractivity (Wildman–Crippen MR) is 89.8 cm³/mol. The van der Waals surface area contributed by atoms with Crippen molar-refractivity contribution in [3.05, 3.63) is 29.1 Å². The van der Waals surface area contributed by atoms with E-state index in [0.29, 0.717) is 0 Å². The largest absolute Gasteiger partial charge is 0.399 e. The van der Waals surface area contributed by atoms with Crippen LogP contribution < -0.4 is 5.73 Å². The van der Waals surface area contributed by atoms with Crippen LogP contribution in [-0.4, -0.2) is 23.9 Å². The van der Waals surface area contributed by atoms with Gasteiger partial charge in [0, 0.05) is 23.5 Å². The zero-order valence-corrected chi connectivity index (χ0v) is 13.3. The Morgan fingerprint density at radius 3 is 3.00 bits per heavy atom. The number of likely N-dealkylation sites (tertiary alicyclic amines) is 1. The Bertz CT molecular complexity index is 649. The van der Waals surface area contributed by atoms with Crippen molar-refractivity contribution in [3.63, 3.8) is 0 Å². The van der Waals surface area contributed by atoms with Crippen LogP contribution in [0, 0.1) is 5.92 Å². The van der Waals surface area contributed by atoms with Crippen LogP contribution in [-0.2, 0) is 0 Å². The van der Waals surface area contributed by atoms with Gasteiger partial charge in [0.1, 0.15) is 0 Å². The summed E-state index contributed by atoms with van der Waals surface area (Å²) in [7, 11) is 0. The topological polar surface area (TPSA) is 46.3 Å². The minimum Gasteiger partial charge on any atom is -0.399 e. The van der Waals surface area contributed by atoms with Crippen LogP contribution in [0.1, 0.15) is 42.3 Å². The number of rotatable bonds is 2. The second-order valence-corrected chi connectivity index (χ2v) is 6.99. The molecule has 0 bridgehead atoms. The number of hydrogen-bond donors (Lipinski definition) is 1. The molecule has 112 valence electrons. The molecule has 3 nitrogen and oxygen atoms in total. The maximum atomic E-state index is 12.7. The maximum Gasteiger partial charge on any atom is 0.263 e. The molecule has 3 rings (SSSR count). The molecule has 1 aliphatic heterocycles. The summed E-state index contributed by atoms with van der Waals surface area (Å²) >= 11 is 1.57. The average molecular weight is 302 g/mol. The van der Waals surface area contributed by atoms with Crippen LogP contribution in [0.25, 0.3) is 10.1 Å². The van der Waals surface area contributed by atoms with Gasteiger partial charge in [-0.1, -0.05) is 13.3 Å². The molecular formula is C17H22N2OS. The third-order valence-electron chi connectivity index (χ3n) is 4.46. The van der Waals surface area contributed by atoms with Gasteiger partial charge in [-0.2, -0.15) is 0 Å². The monoisotopic (exact) mass is 302 g/mol. The molecule has 1 aliphatic rings. The number of nitrogens with two attached hydrogens (primary N) is 1. The molecule has 2 heterocycles. The van der Waals surface area contributed by atoms with Crippen molar-refractivity contribution in [2.24, 2.45) is 5.92 Å². The molecule has 1 atom stereocenters. The molecule has 0 radical (unpaired) electrons. The van der Waals surface area contributed by atoms with Crippen LogP contribution in [0.4, 0.5) is 5.69 Å². The summed E-state index contributed by atoms with van der Waals surface area (Å²) in [5.74, 6) is 0.969. The van der Waals surface area contributed by atoms with Gasteiger partial charge < -0.3 is 10.6 Å². The highest BCUT2D eigenvalue weighted by molar-refractivity contribution is 7.20. The number of fused-ring (bicyclic) bond motifs is 1. The first kappa shape index (κ1) is 14.4. The fourth-order valence-electron chi connectivity index (χ4n) is 3.10. The standard InChI is InChI=1S/C17H22N2OS/c1-2-12-4-3-8-19(9-7-12)17(20)16-11-13-10-14(18)5-6-15(13)21-16/h5-6,10-12H,2-4,7-9,18H2,1H3. The molecule has 21 heavy (non-hydrogen) atoms. The van der Waals surface area contributed by atoms with Crippen molar-refractivity contribution in [1.82, 2.24) is 4.90 Å². The lowest BCUT2D eigenvalue weighted by Gasteiger charge is -2.19. The number of nitrogen functional groups attached to an aromatic ring is 1. The van der Waals surface area contributed by atoms with E-state index in [9.17, 15) is 4.79 Å². The maximum absolute atomic E-state index is 12.7. The van der Waals surface area contributed by atoms with Gasteiger partial charge in [-0.15, -0.1) is 11.3 Å². The van der Waals surface area contributed by atoms with Crippen molar-refractivity contribution >= 4 is 33.0 Å². The first-order valence-electron chi connectivity index (χ1n) is 7.75. The van der Waals surface area contributed by atoms with E-state index in [2.05, 4.69) is 6.92 Å². The van der Waals surface area contributed by atoms with E-state index >= 15 is 0 Å². The Kier molecular flexibility index (Phi) is 4.15. The number of amides is 1. The van der Waals surface area contributed by atoms with E-state index in [0.717, 1.165) is 52.5 Å². The van der Waals surface area contributed by atoms with E-state index < -0.39 is 0 Å². The quantitative estimate of drug-likeness (QED) is 0.848. The molecule has 1 amide bonds. The van der Waals surface area contributed by atoms with Crippen molar-refractivity contribution < 1.29 is 4.79 Å². The fraction of sp³-hybridized carbons (Fsp3) is 0.471. The summed E-state index contributed by atoms with van der Waals surface area (Å²) in [4.78, 5) is 15.6. The molecule has 2 aromatic rings. The van der Waals surface area contributed by atoms with Crippen LogP contribution in [0.3, 0.4) is 0 Å². The number of hydrogen-bond acceptors (Lipinski definition) is 3. The summed E-state index contributed by atoms with van der Waals surface area (Å²) in [6.45, 7) is 4.04. The van der Waals surface area contributed by atoms with Gasteiger partial charge in [0.15, 0.2) is 0 Å². The molecule has 1 aromatic heterocycles. The number of nitrogens with zero attached hydrogens (tertiary/aromatic N) is 1. The lowest BCUT2D eigenvalue weighted by atomic mass is 9.98. The second-order valence-electron chi connectivity index (χ2n) is 5.91. The summed E-state index contributed by atoms with van der Waals surface area (Å²) in [6.07, 6.45) is 4.75. The first-order chi connectivity index (χ1) is 10.2. The number of carbonyl (C=O) groups is 1. The Labute approximate surface area is 129 Å². The molecule has 1 unspecified atom stereocenters. The molecule has 4 heteroatoms. The highest BCUT2D eigenvalue weighted by atomic mass is 32.1. The smallest absolute Gasteiger partial charge is 0.263 e. The second kappa shape index (κ2) is 6.06. The molecule has 2 N–H and O–H groups in total. The molecule has 0 aliphatic carbocycles. The summed E-state index contributed by atoms with van der Waals surface area (Å²) < 4.78 is 1.13. The van der Waals surface area contributed by atoms with Crippen LogP contribution >= 0.6 is 11.3 Å². The summed E-state index contributed by atoms with van der Waals surface area (Å²) in [6, 6.07) is 7.82. The van der Waals surface area contributed by atoms with E-state index in [1.54, 1.807) is 11.3 Å². The zero-order chi connectivity index (χ0) is 14.8. The van der Waals surface area contributed by atoms with Gasteiger partial charge in [0.2, 0.25) is 0 Å². The fourth-order valence-corrected chi connectivity index (χ4v) is 4.11. The third kappa shape index (κ3) is 3.05. The van der Waals surface area contributed by atoms with Gasteiger partial charge >= 0.3 is 0 Å². The van der Waals surface area contributed by atoms with Crippen LogP contribution in [0.5, 0.6) is 0 Å². The third-order valence-corrected chi connectivity index (χ3v) is 5.57. The van der Waals surface area contributed by atoms with Gasteiger partial charge in [-0.25, -0.2) is 0 Å². The summed E-state index contributed by atoms with van der Waals surface area (Å²) in [5.41, 5.74) is 6.56. The van der Waals surface area contributed by atoms with Crippen LogP contribution in [0.15, 0.2) is 24.3 Å². The zero-order valence-electron chi connectivity index (χ0n) is 12.5. The highest BCUT2D eigenvalue weighted by Gasteiger charge is 2.22. The van der Waals surface area contributed by atoms with Crippen LogP contribution in [0.2, 0.25) is 0 Å². The van der Waals surface area contributed by atoms with Gasteiger partial charge in [0.05, 0.1) is 4.88 Å². The van der Waals surface area contributed by atoms with E-state index in [1.165, 1.54) is 12.8 Å². The van der Waals surface area contributed by atoms with Gasteiger partial charge in [0.25, 0.3) is 5.91 Å². The normalized spacial score (nSPS) is 19.7. The Balaban J connectivity index is 1.79. The predicted octanol–water partition coefficient (Wildman–Crippen LogP) is 4.14. The van der Waals surface area contributed by atoms with Crippen molar-refractivity contribution in [2.45, 2.75) is 32.6 Å². The number of benzene rings is 1.